The number of rotatable bonds is 7. The van der Waals surface area contributed by atoms with Crippen molar-refractivity contribution in [1.29, 1.82) is 0 Å². The summed E-state index contributed by atoms with van der Waals surface area (Å²) < 4.78 is 5.41. The molecule has 136 valence electrons. The van der Waals surface area contributed by atoms with Crippen molar-refractivity contribution in [2.75, 3.05) is 25.6 Å². The van der Waals surface area contributed by atoms with E-state index in [0.29, 0.717) is 17.9 Å². The van der Waals surface area contributed by atoms with Gasteiger partial charge in [0.05, 0.1) is 18.2 Å². The molecule has 0 aliphatic carbocycles. The molecular formula is C19H27N3O3. The van der Waals surface area contributed by atoms with E-state index < -0.39 is 6.04 Å². The van der Waals surface area contributed by atoms with Gasteiger partial charge in [0, 0.05) is 25.5 Å². The molecule has 6 nitrogen and oxygen atoms in total. The number of carbonyl (C=O) groups is 2. The van der Waals surface area contributed by atoms with Gasteiger partial charge in [0.25, 0.3) is 0 Å². The molecule has 0 saturated heterocycles. The summed E-state index contributed by atoms with van der Waals surface area (Å²) in [6, 6.07) is 6.93. The summed E-state index contributed by atoms with van der Waals surface area (Å²) in [6.07, 6.45) is 2.93. The highest BCUT2D eigenvalue weighted by Crippen LogP contribution is 2.28. The van der Waals surface area contributed by atoms with Crippen LogP contribution in [0.3, 0.4) is 0 Å². The summed E-state index contributed by atoms with van der Waals surface area (Å²) in [5.41, 5.74) is 2.88. The minimum absolute atomic E-state index is 0.318. The van der Waals surface area contributed by atoms with Crippen molar-refractivity contribution >= 4 is 17.7 Å². The first-order chi connectivity index (χ1) is 11.9. The molecule has 0 fully saturated rings. The molecule has 1 aliphatic heterocycles. The normalized spacial score (nSPS) is 17.0. The highest BCUT2D eigenvalue weighted by Gasteiger charge is 2.32. The van der Waals surface area contributed by atoms with E-state index in [4.69, 9.17) is 4.74 Å². The molecule has 2 amide bonds. The largest absolute Gasteiger partial charge is 0.462 e. The molecular weight excluding hydrogens is 318 g/mol. The average molecular weight is 345 g/mol. The number of amides is 2. The maximum atomic E-state index is 12.6. The van der Waals surface area contributed by atoms with E-state index in [1.54, 1.807) is 6.92 Å². The summed E-state index contributed by atoms with van der Waals surface area (Å²) in [4.78, 5) is 26.4. The molecule has 2 N–H and O–H groups in total. The molecule has 0 saturated carbocycles. The van der Waals surface area contributed by atoms with E-state index in [1.807, 2.05) is 43.3 Å². The highest BCUT2D eigenvalue weighted by molar-refractivity contribution is 5.95. The van der Waals surface area contributed by atoms with Crippen LogP contribution in [0, 0.1) is 0 Å². The van der Waals surface area contributed by atoms with Gasteiger partial charge < -0.3 is 20.3 Å². The van der Waals surface area contributed by atoms with Gasteiger partial charge in [0.1, 0.15) is 0 Å². The van der Waals surface area contributed by atoms with Gasteiger partial charge in [-0.2, -0.15) is 0 Å². The Balaban J connectivity index is 2.22. The van der Waals surface area contributed by atoms with Crippen molar-refractivity contribution < 1.29 is 14.3 Å². The van der Waals surface area contributed by atoms with Crippen LogP contribution in [0.1, 0.15) is 44.7 Å². The minimum Gasteiger partial charge on any atom is -0.462 e. The van der Waals surface area contributed by atoms with Crippen molar-refractivity contribution in [2.24, 2.45) is 0 Å². The Morgan fingerprint density at radius 3 is 2.48 bits per heavy atom. The van der Waals surface area contributed by atoms with E-state index in [-0.39, 0.29) is 12.0 Å². The third-order valence-corrected chi connectivity index (χ3v) is 4.21. The maximum Gasteiger partial charge on any atom is 0.338 e. The van der Waals surface area contributed by atoms with Crippen LogP contribution in [-0.4, -0.2) is 32.7 Å². The summed E-state index contributed by atoms with van der Waals surface area (Å²) in [5, 5.41) is 5.48. The predicted molar refractivity (Wildman–Crippen MR) is 98.4 cm³/mol. The van der Waals surface area contributed by atoms with E-state index in [2.05, 4.69) is 17.6 Å². The standard InChI is InChI=1S/C19H27N3O3/c1-5-6-7-12-25-18(23)16-13(2)20-19(24)21-17(16)14-8-10-15(11-9-14)22(3)4/h8-11,17H,5-7,12H2,1-4H3,(H2,20,21,24)/t17-/m1/s1. The van der Waals surface area contributed by atoms with E-state index >= 15 is 0 Å². The molecule has 0 aromatic heterocycles. The van der Waals surface area contributed by atoms with E-state index in [9.17, 15) is 9.59 Å². The van der Waals surface area contributed by atoms with Gasteiger partial charge in [-0.1, -0.05) is 31.9 Å². The Hall–Kier alpha value is -2.50. The summed E-state index contributed by atoms with van der Waals surface area (Å²) >= 11 is 0. The molecule has 2 rings (SSSR count). The first kappa shape index (κ1) is 18.8. The predicted octanol–water partition coefficient (Wildman–Crippen LogP) is 3.11. The van der Waals surface area contributed by atoms with Crippen LogP contribution in [0.5, 0.6) is 0 Å². The van der Waals surface area contributed by atoms with Crippen molar-refractivity contribution in [3.8, 4) is 0 Å². The van der Waals surface area contributed by atoms with Crippen LogP contribution in [0.2, 0.25) is 0 Å². The number of anilines is 1. The summed E-state index contributed by atoms with van der Waals surface area (Å²) in [6.45, 7) is 4.22. The van der Waals surface area contributed by atoms with Crippen LogP contribution in [0.4, 0.5) is 10.5 Å². The average Bonchev–Trinajstić information content (AvgIpc) is 2.58. The number of hydrogen-bond donors (Lipinski definition) is 2. The van der Waals surface area contributed by atoms with Crippen LogP contribution < -0.4 is 15.5 Å². The number of esters is 1. The fraction of sp³-hybridized carbons (Fsp3) is 0.474. The quantitative estimate of drug-likeness (QED) is 0.588. The highest BCUT2D eigenvalue weighted by atomic mass is 16.5. The lowest BCUT2D eigenvalue weighted by Gasteiger charge is -2.28. The zero-order chi connectivity index (χ0) is 18.4. The molecule has 0 radical (unpaired) electrons. The number of benzene rings is 1. The number of nitrogens with one attached hydrogen (secondary N) is 2. The Morgan fingerprint density at radius 1 is 1.20 bits per heavy atom. The van der Waals surface area contributed by atoms with Crippen molar-refractivity contribution in [1.82, 2.24) is 10.6 Å². The van der Waals surface area contributed by atoms with Crippen molar-refractivity contribution in [3.05, 3.63) is 41.1 Å². The Labute approximate surface area is 149 Å². The number of ether oxygens (including phenoxy) is 1. The molecule has 0 spiro atoms. The fourth-order valence-corrected chi connectivity index (χ4v) is 2.77. The first-order valence-corrected chi connectivity index (χ1v) is 8.66. The second kappa shape index (κ2) is 8.55. The molecule has 1 atom stereocenters. The third-order valence-electron chi connectivity index (χ3n) is 4.21. The molecule has 0 unspecified atom stereocenters. The Kier molecular flexibility index (Phi) is 6.44. The number of urea groups is 1. The zero-order valence-electron chi connectivity index (χ0n) is 15.4. The van der Waals surface area contributed by atoms with E-state index in [0.717, 1.165) is 30.5 Å². The van der Waals surface area contributed by atoms with Crippen molar-refractivity contribution in [3.63, 3.8) is 0 Å². The molecule has 0 bridgehead atoms. The van der Waals surface area contributed by atoms with Crippen LogP contribution in [0.25, 0.3) is 0 Å². The van der Waals surface area contributed by atoms with Gasteiger partial charge in [-0.15, -0.1) is 0 Å². The van der Waals surface area contributed by atoms with Crippen LogP contribution in [0.15, 0.2) is 35.5 Å². The lowest BCUT2D eigenvalue weighted by atomic mass is 9.95. The maximum absolute atomic E-state index is 12.6. The van der Waals surface area contributed by atoms with Crippen molar-refractivity contribution in [2.45, 2.75) is 39.2 Å². The fourth-order valence-electron chi connectivity index (χ4n) is 2.77. The van der Waals surface area contributed by atoms with Crippen LogP contribution >= 0.6 is 0 Å². The topological polar surface area (TPSA) is 70.7 Å². The number of nitrogens with zero attached hydrogens (tertiary/aromatic N) is 1. The molecule has 1 aliphatic rings. The molecule has 6 heteroatoms. The smallest absolute Gasteiger partial charge is 0.338 e. The van der Waals surface area contributed by atoms with Crippen LogP contribution in [-0.2, 0) is 9.53 Å². The molecule has 1 heterocycles. The first-order valence-electron chi connectivity index (χ1n) is 8.66. The minimum atomic E-state index is -0.511. The summed E-state index contributed by atoms with van der Waals surface area (Å²) in [5.74, 6) is -0.386. The number of hydrogen-bond acceptors (Lipinski definition) is 4. The van der Waals surface area contributed by atoms with Gasteiger partial charge in [-0.3, -0.25) is 0 Å². The Bertz CT molecular complexity index is 650. The van der Waals surface area contributed by atoms with Gasteiger partial charge in [0.2, 0.25) is 0 Å². The van der Waals surface area contributed by atoms with E-state index in [1.165, 1.54) is 0 Å². The zero-order valence-corrected chi connectivity index (χ0v) is 15.4. The van der Waals surface area contributed by atoms with Gasteiger partial charge in [0.15, 0.2) is 0 Å². The monoisotopic (exact) mass is 345 g/mol. The lowest BCUT2D eigenvalue weighted by molar-refractivity contribution is -0.139. The number of unbranched alkanes of at least 4 members (excludes halogenated alkanes) is 2. The van der Waals surface area contributed by atoms with Gasteiger partial charge >= 0.3 is 12.0 Å². The lowest BCUT2D eigenvalue weighted by Crippen LogP contribution is -2.45. The number of carbonyl (C=O) groups excluding carboxylic acids is 2. The SMILES string of the molecule is CCCCCOC(=O)C1=C(C)NC(=O)N[C@@H]1c1ccc(N(C)C)cc1. The molecule has 1 aromatic rings. The third kappa shape index (κ3) is 4.75. The van der Waals surface area contributed by atoms with Gasteiger partial charge in [-0.25, -0.2) is 9.59 Å². The van der Waals surface area contributed by atoms with Gasteiger partial charge in [-0.05, 0) is 31.0 Å². The second-order valence-corrected chi connectivity index (χ2v) is 6.40. The number of allylic oxidation sites excluding steroid dienone is 1. The Morgan fingerprint density at radius 2 is 1.88 bits per heavy atom. The molecule has 1 aromatic carbocycles. The second-order valence-electron chi connectivity index (χ2n) is 6.40. The summed E-state index contributed by atoms with van der Waals surface area (Å²) in [7, 11) is 3.93. The molecule has 25 heavy (non-hydrogen) atoms.